The molecule has 0 N–H and O–H groups in total. The zero-order valence-electron chi connectivity index (χ0n) is 13.4. The Balaban J connectivity index is 1.88. The van der Waals surface area contributed by atoms with Crippen molar-refractivity contribution in [3.63, 3.8) is 0 Å². The molecule has 1 amide bonds. The first-order chi connectivity index (χ1) is 11.5. The molecule has 0 saturated heterocycles. The summed E-state index contributed by atoms with van der Waals surface area (Å²) >= 11 is 0. The van der Waals surface area contributed by atoms with E-state index in [1.54, 1.807) is 30.2 Å². The van der Waals surface area contributed by atoms with Gasteiger partial charge in [0, 0.05) is 18.4 Å². The first-order valence-corrected chi connectivity index (χ1v) is 9.42. The molecular weight excluding hydrogens is 326 g/mol. The summed E-state index contributed by atoms with van der Waals surface area (Å²) in [5.41, 5.74) is 2.37. The van der Waals surface area contributed by atoms with Gasteiger partial charge in [-0.15, -0.1) is 0 Å². The number of hydrogen-bond acceptors (Lipinski definition) is 4. The average molecular weight is 345 g/mol. The first kappa shape index (κ1) is 16.4. The van der Waals surface area contributed by atoms with Crippen LogP contribution in [-0.4, -0.2) is 38.2 Å². The molecule has 0 fully saturated rings. The minimum Gasteiger partial charge on any atom is -0.310 e. The van der Waals surface area contributed by atoms with Crippen molar-refractivity contribution in [1.82, 2.24) is 4.98 Å². The predicted molar refractivity (Wildman–Crippen MR) is 93.5 cm³/mol. The van der Waals surface area contributed by atoms with Crippen LogP contribution in [0.4, 0.5) is 11.4 Å². The second-order valence-corrected chi connectivity index (χ2v) is 7.72. The van der Waals surface area contributed by atoms with E-state index in [0.29, 0.717) is 12.2 Å². The van der Waals surface area contributed by atoms with Gasteiger partial charge >= 0.3 is 0 Å². The van der Waals surface area contributed by atoms with Crippen LogP contribution in [-0.2, 0) is 21.2 Å². The number of anilines is 2. The molecule has 0 radical (unpaired) electrons. The number of sulfonamides is 1. The van der Waals surface area contributed by atoms with Crippen molar-refractivity contribution in [3.8, 4) is 0 Å². The topological polar surface area (TPSA) is 70.6 Å². The lowest BCUT2D eigenvalue weighted by molar-refractivity contribution is -0.117. The van der Waals surface area contributed by atoms with Crippen LogP contribution < -0.4 is 9.21 Å². The third-order valence-electron chi connectivity index (χ3n) is 4.10. The number of carbonyl (C=O) groups excluding carboxylic acids is 1. The van der Waals surface area contributed by atoms with Gasteiger partial charge in [0.25, 0.3) is 0 Å². The minimum atomic E-state index is -3.57. The van der Waals surface area contributed by atoms with Crippen LogP contribution in [0.25, 0.3) is 0 Å². The average Bonchev–Trinajstić information content (AvgIpc) is 3.04. The lowest BCUT2D eigenvalue weighted by Gasteiger charge is -2.26. The second-order valence-electron chi connectivity index (χ2n) is 5.54. The van der Waals surface area contributed by atoms with E-state index in [0.717, 1.165) is 22.0 Å². The Morgan fingerprint density at radius 2 is 2.04 bits per heavy atom. The van der Waals surface area contributed by atoms with Gasteiger partial charge in [0.2, 0.25) is 15.9 Å². The van der Waals surface area contributed by atoms with Gasteiger partial charge in [0.1, 0.15) is 6.54 Å². The largest absolute Gasteiger partial charge is 0.310 e. The Bertz CT molecular complexity index is 837. The molecule has 0 bridgehead atoms. The zero-order chi connectivity index (χ0) is 17.2. The summed E-state index contributed by atoms with van der Waals surface area (Å²) in [6.45, 7) is 1.91. The normalized spacial score (nSPS) is 13.6. The number of carbonyl (C=O) groups is 1. The molecule has 7 heteroatoms. The van der Waals surface area contributed by atoms with E-state index in [4.69, 9.17) is 0 Å². The molecule has 1 aliphatic rings. The molecule has 6 nitrogen and oxygen atoms in total. The highest BCUT2D eigenvalue weighted by molar-refractivity contribution is 7.92. The van der Waals surface area contributed by atoms with Gasteiger partial charge < -0.3 is 4.90 Å². The van der Waals surface area contributed by atoms with E-state index in [-0.39, 0.29) is 18.2 Å². The summed E-state index contributed by atoms with van der Waals surface area (Å²) in [7, 11) is -3.57. The number of pyridine rings is 1. The quantitative estimate of drug-likeness (QED) is 0.829. The Kier molecular flexibility index (Phi) is 4.53. The molecule has 24 heavy (non-hydrogen) atoms. The second kappa shape index (κ2) is 6.60. The summed E-state index contributed by atoms with van der Waals surface area (Å²) in [4.78, 5) is 18.4. The van der Waals surface area contributed by atoms with Crippen molar-refractivity contribution >= 4 is 27.3 Å². The number of benzene rings is 1. The lowest BCUT2D eigenvalue weighted by atomic mass is 10.2. The highest BCUT2D eigenvalue weighted by atomic mass is 32.2. The van der Waals surface area contributed by atoms with E-state index in [9.17, 15) is 13.2 Å². The number of hydrogen-bond donors (Lipinski definition) is 0. The standard InChI is InChI=1S/C17H19N3O3S/c1-2-24(22,23)20(15-7-5-10-18-12-15)13-17(21)19-11-9-14-6-3-4-8-16(14)19/h3-8,10,12H,2,9,11,13H2,1H3. The van der Waals surface area contributed by atoms with Gasteiger partial charge in [-0.1, -0.05) is 18.2 Å². The van der Waals surface area contributed by atoms with Gasteiger partial charge in [-0.25, -0.2) is 8.42 Å². The molecule has 0 spiro atoms. The lowest BCUT2D eigenvalue weighted by Crippen LogP contribution is -2.43. The maximum absolute atomic E-state index is 12.8. The Morgan fingerprint density at radius 3 is 2.75 bits per heavy atom. The summed E-state index contributed by atoms with van der Waals surface area (Å²) in [5.74, 6) is -0.313. The molecule has 0 saturated carbocycles. The fourth-order valence-corrected chi connectivity index (χ4v) is 3.86. The van der Waals surface area contributed by atoms with Crippen LogP contribution in [0, 0.1) is 0 Å². The van der Waals surface area contributed by atoms with Crippen molar-refractivity contribution in [2.24, 2.45) is 0 Å². The van der Waals surface area contributed by atoms with Crippen molar-refractivity contribution in [1.29, 1.82) is 0 Å². The van der Waals surface area contributed by atoms with Crippen LogP contribution in [0.15, 0.2) is 48.8 Å². The molecule has 3 rings (SSSR count). The molecule has 0 aliphatic carbocycles. The van der Waals surface area contributed by atoms with E-state index in [2.05, 4.69) is 4.98 Å². The van der Waals surface area contributed by atoms with Crippen LogP contribution >= 0.6 is 0 Å². The van der Waals surface area contributed by atoms with E-state index >= 15 is 0 Å². The van der Waals surface area contributed by atoms with Crippen LogP contribution in [0.5, 0.6) is 0 Å². The van der Waals surface area contributed by atoms with Gasteiger partial charge in [-0.3, -0.25) is 14.1 Å². The van der Waals surface area contributed by atoms with Gasteiger partial charge in [-0.05, 0) is 37.1 Å². The first-order valence-electron chi connectivity index (χ1n) is 7.81. The highest BCUT2D eigenvalue weighted by Gasteiger charge is 2.29. The summed E-state index contributed by atoms with van der Waals surface area (Å²) < 4.78 is 26.0. The van der Waals surface area contributed by atoms with Crippen molar-refractivity contribution in [3.05, 3.63) is 54.4 Å². The Hall–Kier alpha value is -2.41. The van der Waals surface area contributed by atoms with Crippen LogP contribution in [0.1, 0.15) is 12.5 Å². The molecule has 126 valence electrons. The molecule has 1 aliphatic heterocycles. The maximum Gasteiger partial charge on any atom is 0.247 e. The van der Waals surface area contributed by atoms with Crippen molar-refractivity contribution in [2.45, 2.75) is 13.3 Å². The third-order valence-corrected chi connectivity index (χ3v) is 5.84. The third kappa shape index (κ3) is 3.12. The van der Waals surface area contributed by atoms with Crippen molar-refractivity contribution < 1.29 is 13.2 Å². The molecule has 1 aromatic heterocycles. The van der Waals surface area contributed by atoms with Gasteiger partial charge in [-0.2, -0.15) is 0 Å². The number of amides is 1. The summed E-state index contributed by atoms with van der Waals surface area (Å²) in [6.07, 6.45) is 3.81. The fourth-order valence-electron chi connectivity index (χ4n) is 2.81. The molecular formula is C17H19N3O3S. The van der Waals surface area contributed by atoms with E-state index in [1.807, 2.05) is 24.3 Å². The Labute approximate surface area is 141 Å². The van der Waals surface area contributed by atoms with Crippen LogP contribution in [0.3, 0.4) is 0 Å². The SMILES string of the molecule is CCS(=O)(=O)N(CC(=O)N1CCc2ccccc21)c1cccnc1. The monoisotopic (exact) mass is 345 g/mol. The maximum atomic E-state index is 12.8. The number of para-hydroxylation sites is 1. The molecule has 0 atom stereocenters. The number of rotatable bonds is 5. The summed E-state index contributed by atoms with van der Waals surface area (Å²) in [6, 6.07) is 11.0. The zero-order valence-corrected chi connectivity index (χ0v) is 14.2. The highest BCUT2D eigenvalue weighted by Crippen LogP contribution is 2.28. The number of fused-ring (bicyclic) bond motifs is 1. The van der Waals surface area contributed by atoms with E-state index in [1.165, 1.54) is 6.20 Å². The summed E-state index contributed by atoms with van der Waals surface area (Å²) in [5, 5.41) is 0. The molecule has 1 aromatic carbocycles. The van der Waals surface area contributed by atoms with Crippen LogP contribution in [0.2, 0.25) is 0 Å². The predicted octanol–water partition coefficient (Wildman–Crippen LogP) is 1.83. The number of aromatic nitrogens is 1. The van der Waals surface area contributed by atoms with Crippen molar-refractivity contribution in [2.75, 3.05) is 28.0 Å². The Morgan fingerprint density at radius 1 is 1.25 bits per heavy atom. The van der Waals surface area contributed by atoms with Gasteiger partial charge in [0.15, 0.2) is 0 Å². The number of nitrogens with zero attached hydrogens (tertiary/aromatic N) is 3. The van der Waals surface area contributed by atoms with Gasteiger partial charge in [0.05, 0.1) is 17.6 Å². The smallest absolute Gasteiger partial charge is 0.247 e. The van der Waals surface area contributed by atoms with E-state index < -0.39 is 10.0 Å². The molecule has 2 aromatic rings. The minimum absolute atomic E-state index is 0.0776. The fraction of sp³-hybridized carbons (Fsp3) is 0.294. The molecule has 2 heterocycles. The molecule has 0 unspecified atom stereocenters.